The molecule has 0 aromatic heterocycles. The lowest BCUT2D eigenvalue weighted by molar-refractivity contribution is 0.0836. The molecule has 1 aliphatic heterocycles. The zero-order chi connectivity index (χ0) is 18.4. The Kier molecular flexibility index (Phi) is 6.42. The predicted molar refractivity (Wildman–Crippen MR) is 105 cm³/mol. The van der Waals surface area contributed by atoms with Gasteiger partial charge in [-0.3, -0.25) is 4.79 Å². The van der Waals surface area contributed by atoms with E-state index in [9.17, 15) is 4.79 Å². The topological polar surface area (TPSA) is 55.6 Å². The van der Waals surface area contributed by atoms with Gasteiger partial charge in [-0.15, -0.1) is 0 Å². The van der Waals surface area contributed by atoms with Crippen molar-refractivity contribution in [2.45, 2.75) is 25.3 Å². The van der Waals surface area contributed by atoms with Crippen LogP contribution >= 0.6 is 0 Å². The normalized spacial score (nSPS) is 17.0. The summed E-state index contributed by atoms with van der Waals surface area (Å²) in [5, 5.41) is 0. The standard InChI is InChI=1S/C22H28N2O2/c1-26-21-9-7-18(8-10-21)22(25)19-11-13-24(14-12-19)16-20(23)15-17-5-3-2-4-6-17/h2-10,19-20H,11-16,23H2,1H3. The molecule has 2 aromatic carbocycles. The molecule has 4 heteroatoms. The largest absolute Gasteiger partial charge is 0.497 e. The Morgan fingerprint density at radius 1 is 1.12 bits per heavy atom. The average Bonchev–Trinajstić information content (AvgIpc) is 2.69. The minimum atomic E-state index is 0.116. The Labute approximate surface area is 156 Å². The number of likely N-dealkylation sites (tertiary alicyclic amines) is 1. The highest BCUT2D eigenvalue weighted by Crippen LogP contribution is 2.23. The van der Waals surface area contributed by atoms with E-state index in [0.717, 1.165) is 50.2 Å². The number of nitrogens with two attached hydrogens (primary N) is 1. The Bertz CT molecular complexity index is 692. The molecule has 4 nitrogen and oxygen atoms in total. The molecule has 2 N–H and O–H groups in total. The number of nitrogens with zero attached hydrogens (tertiary/aromatic N) is 1. The maximum absolute atomic E-state index is 12.7. The monoisotopic (exact) mass is 352 g/mol. The number of benzene rings is 2. The molecule has 0 bridgehead atoms. The van der Waals surface area contributed by atoms with Gasteiger partial charge in [-0.1, -0.05) is 30.3 Å². The third-order valence-electron chi connectivity index (χ3n) is 5.17. The molecule has 1 saturated heterocycles. The van der Waals surface area contributed by atoms with E-state index in [4.69, 9.17) is 10.5 Å². The SMILES string of the molecule is COc1ccc(C(=O)C2CCN(CC(N)Cc3ccccc3)CC2)cc1. The van der Waals surface area contributed by atoms with E-state index < -0.39 is 0 Å². The lowest BCUT2D eigenvalue weighted by Crippen LogP contribution is -2.43. The van der Waals surface area contributed by atoms with E-state index in [-0.39, 0.29) is 17.7 Å². The van der Waals surface area contributed by atoms with E-state index in [1.807, 2.05) is 30.3 Å². The third-order valence-corrected chi connectivity index (χ3v) is 5.17. The first-order valence-corrected chi connectivity index (χ1v) is 9.36. The second-order valence-electron chi connectivity index (χ2n) is 7.12. The van der Waals surface area contributed by atoms with E-state index in [1.165, 1.54) is 5.56 Å². The number of Topliss-reactive ketones (excluding diaryl/α,β-unsaturated/α-hetero) is 1. The van der Waals surface area contributed by atoms with Crippen LogP contribution in [0.5, 0.6) is 5.75 Å². The minimum Gasteiger partial charge on any atom is -0.497 e. The van der Waals surface area contributed by atoms with Crippen LogP contribution < -0.4 is 10.5 Å². The Morgan fingerprint density at radius 2 is 1.77 bits per heavy atom. The van der Waals surface area contributed by atoms with Crippen molar-refractivity contribution in [2.75, 3.05) is 26.7 Å². The first-order valence-electron chi connectivity index (χ1n) is 9.36. The number of piperidine rings is 1. The highest BCUT2D eigenvalue weighted by atomic mass is 16.5. The number of methoxy groups -OCH3 is 1. The quantitative estimate of drug-likeness (QED) is 0.778. The van der Waals surface area contributed by atoms with Crippen molar-refractivity contribution in [2.24, 2.45) is 11.7 Å². The summed E-state index contributed by atoms with van der Waals surface area (Å²) in [6.07, 6.45) is 2.71. The average molecular weight is 352 g/mol. The van der Waals surface area contributed by atoms with Gasteiger partial charge in [0.2, 0.25) is 0 Å². The Balaban J connectivity index is 1.46. The van der Waals surface area contributed by atoms with Crippen molar-refractivity contribution in [1.82, 2.24) is 4.90 Å². The summed E-state index contributed by atoms with van der Waals surface area (Å²) in [7, 11) is 1.63. The number of ether oxygens (including phenoxy) is 1. The van der Waals surface area contributed by atoms with Gasteiger partial charge in [0.15, 0.2) is 5.78 Å². The second-order valence-corrected chi connectivity index (χ2v) is 7.12. The summed E-state index contributed by atoms with van der Waals surface area (Å²) >= 11 is 0. The summed E-state index contributed by atoms with van der Waals surface area (Å²) in [6.45, 7) is 2.77. The van der Waals surface area contributed by atoms with Gasteiger partial charge in [0.05, 0.1) is 7.11 Å². The van der Waals surface area contributed by atoms with Gasteiger partial charge in [-0.2, -0.15) is 0 Å². The van der Waals surface area contributed by atoms with Gasteiger partial charge in [-0.05, 0) is 62.2 Å². The smallest absolute Gasteiger partial charge is 0.166 e. The molecule has 3 rings (SSSR count). The molecule has 1 aliphatic rings. The van der Waals surface area contributed by atoms with Crippen molar-refractivity contribution >= 4 is 5.78 Å². The van der Waals surface area contributed by atoms with E-state index in [0.29, 0.717) is 0 Å². The van der Waals surface area contributed by atoms with E-state index in [2.05, 4.69) is 29.2 Å². The van der Waals surface area contributed by atoms with Crippen LogP contribution in [0.3, 0.4) is 0 Å². The lowest BCUT2D eigenvalue weighted by atomic mass is 9.88. The maximum Gasteiger partial charge on any atom is 0.166 e. The van der Waals surface area contributed by atoms with Crippen LogP contribution in [0, 0.1) is 5.92 Å². The third kappa shape index (κ3) is 4.93. The van der Waals surface area contributed by atoms with Crippen molar-refractivity contribution in [3.8, 4) is 5.75 Å². The predicted octanol–water partition coefficient (Wildman–Crippen LogP) is 3.16. The molecular weight excluding hydrogens is 324 g/mol. The minimum absolute atomic E-state index is 0.116. The first kappa shape index (κ1) is 18.6. The molecule has 26 heavy (non-hydrogen) atoms. The van der Waals surface area contributed by atoms with Gasteiger partial charge in [0, 0.05) is 24.1 Å². The fraction of sp³-hybridized carbons (Fsp3) is 0.409. The summed E-state index contributed by atoms with van der Waals surface area (Å²) < 4.78 is 5.16. The molecule has 0 amide bonds. The summed E-state index contributed by atoms with van der Waals surface area (Å²) in [4.78, 5) is 15.1. The molecular formula is C22H28N2O2. The van der Waals surface area contributed by atoms with Gasteiger partial charge in [0.1, 0.15) is 5.75 Å². The molecule has 0 saturated carbocycles. The Morgan fingerprint density at radius 3 is 2.38 bits per heavy atom. The fourth-order valence-corrected chi connectivity index (χ4v) is 3.68. The van der Waals surface area contributed by atoms with Crippen LogP contribution in [0.1, 0.15) is 28.8 Å². The van der Waals surface area contributed by atoms with Crippen LogP contribution in [-0.2, 0) is 6.42 Å². The molecule has 1 atom stereocenters. The van der Waals surface area contributed by atoms with Crippen LogP contribution in [0.2, 0.25) is 0 Å². The highest BCUT2D eigenvalue weighted by molar-refractivity contribution is 5.98. The molecule has 2 aromatic rings. The molecule has 1 fully saturated rings. The zero-order valence-electron chi connectivity index (χ0n) is 15.4. The van der Waals surface area contributed by atoms with Gasteiger partial charge >= 0.3 is 0 Å². The van der Waals surface area contributed by atoms with Crippen molar-refractivity contribution in [3.05, 3.63) is 65.7 Å². The lowest BCUT2D eigenvalue weighted by Gasteiger charge is -2.33. The number of carbonyl (C=O) groups excluding carboxylic acids is 1. The Hall–Kier alpha value is -2.17. The summed E-state index contributed by atoms with van der Waals surface area (Å²) in [5.41, 5.74) is 8.39. The van der Waals surface area contributed by atoms with Crippen LogP contribution in [0.15, 0.2) is 54.6 Å². The molecule has 0 spiro atoms. The first-order chi connectivity index (χ1) is 12.7. The van der Waals surface area contributed by atoms with E-state index in [1.54, 1.807) is 7.11 Å². The zero-order valence-corrected chi connectivity index (χ0v) is 15.4. The molecule has 0 radical (unpaired) electrons. The van der Waals surface area contributed by atoms with Crippen LogP contribution in [-0.4, -0.2) is 43.5 Å². The van der Waals surface area contributed by atoms with Gasteiger partial charge < -0.3 is 15.4 Å². The van der Waals surface area contributed by atoms with Gasteiger partial charge in [-0.25, -0.2) is 0 Å². The van der Waals surface area contributed by atoms with Crippen LogP contribution in [0.25, 0.3) is 0 Å². The maximum atomic E-state index is 12.7. The fourth-order valence-electron chi connectivity index (χ4n) is 3.68. The van der Waals surface area contributed by atoms with Crippen LogP contribution in [0.4, 0.5) is 0 Å². The number of rotatable bonds is 7. The highest BCUT2D eigenvalue weighted by Gasteiger charge is 2.26. The van der Waals surface area contributed by atoms with Gasteiger partial charge in [0.25, 0.3) is 0 Å². The summed E-state index contributed by atoms with van der Waals surface area (Å²) in [5.74, 6) is 1.15. The summed E-state index contributed by atoms with van der Waals surface area (Å²) in [6, 6.07) is 17.9. The second kappa shape index (κ2) is 8.97. The number of carbonyl (C=O) groups is 1. The molecule has 1 unspecified atom stereocenters. The number of hydrogen-bond donors (Lipinski definition) is 1. The molecule has 138 valence electrons. The van der Waals surface area contributed by atoms with E-state index >= 15 is 0 Å². The molecule has 0 aliphatic carbocycles. The van der Waals surface area contributed by atoms with Crippen molar-refractivity contribution in [1.29, 1.82) is 0 Å². The molecule has 1 heterocycles. The number of ketones is 1. The van der Waals surface area contributed by atoms with Crippen molar-refractivity contribution in [3.63, 3.8) is 0 Å². The number of hydrogen-bond acceptors (Lipinski definition) is 4. The van der Waals surface area contributed by atoms with Crippen molar-refractivity contribution < 1.29 is 9.53 Å².